The largest absolute Gasteiger partial charge is 0.454 e. The van der Waals surface area contributed by atoms with Crippen molar-refractivity contribution >= 4 is 21.8 Å². The van der Waals surface area contributed by atoms with E-state index < -0.39 is 0 Å². The van der Waals surface area contributed by atoms with Crippen molar-refractivity contribution in [2.24, 2.45) is 0 Å². The van der Waals surface area contributed by atoms with E-state index in [0.29, 0.717) is 24.6 Å². The van der Waals surface area contributed by atoms with Gasteiger partial charge in [-0.3, -0.25) is 14.2 Å². The summed E-state index contributed by atoms with van der Waals surface area (Å²) in [5.41, 5.74) is 0.955. The molecule has 24 heavy (non-hydrogen) atoms. The van der Waals surface area contributed by atoms with Crippen LogP contribution in [0.1, 0.15) is 28.9 Å². The van der Waals surface area contributed by atoms with Crippen LogP contribution in [0, 0.1) is 0 Å². The Balaban J connectivity index is 1.69. The zero-order valence-electron chi connectivity index (χ0n) is 13.5. The molecule has 0 saturated carbocycles. The number of carbonyl (C=O) groups is 1. The highest BCUT2D eigenvalue weighted by atomic mass is 79.9. The van der Waals surface area contributed by atoms with E-state index in [9.17, 15) is 4.79 Å². The summed E-state index contributed by atoms with van der Waals surface area (Å²) in [7, 11) is 1.75. The molecule has 0 saturated heterocycles. The van der Waals surface area contributed by atoms with Crippen LogP contribution in [0.3, 0.4) is 0 Å². The normalized spacial score (nSPS) is 11.0. The highest BCUT2D eigenvalue weighted by molar-refractivity contribution is 9.10. The third-order valence-electron chi connectivity index (χ3n) is 3.68. The zero-order valence-corrected chi connectivity index (χ0v) is 15.1. The molecule has 8 heteroatoms. The fourth-order valence-corrected chi connectivity index (χ4v) is 2.86. The van der Waals surface area contributed by atoms with Crippen molar-refractivity contribution < 1.29 is 9.21 Å². The molecule has 0 fully saturated rings. The van der Waals surface area contributed by atoms with Crippen molar-refractivity contribution in [2.75, 3.05) is 7.05 Å². The molecule has 126 valence electrons. The van der Waals surface area contributed by atoms with Gasteiger partial charge in [0.15, 0.2) is 5.76 Å². The molecule has 0 N–H and O–H groups in total. The van der Waals surface area contributed by atoms with Gasteiger partial charge in [-0.25, -0.2) is 0 Å². The second-order valence-electron chi connectivity index (χ2n) is 5.39. The third-order valence-corrected chi connectivity index (χ3v) is 4.34. The number of halogens is 1. The predicted molar refractivity (Wildman–Crippen MR) is 91.4 cm³/mol. The maximum atomic E-state index is 12.6. The molecule has 0 aliphatic rings. The molecule has 0 spiro atoms. The lowest BCUT2D eigenvalue weighted by atomic mass is 10.3. The smallest absolute Gasteiger partial charge is 0.289 e. The molecule has 0 unspecified atom stereocenters. The van der Waals surface area contributed by atoms with E-state index in [1.54, 1.807) is 41.2 Å². The zero-order chi connectivity index (χ0) is 17.1. The summed E-state index contributed by atoms with van der Waals surface area (Å²) in [6.07, 6.45) is 5.29. The molecule has 3 rings (SSSR count). The van der Waals surface area contributed by atoms with Gasteiger partial charge in [-0.2, -0.15) is 10.2 Å². The number of aromatic nitrogens is 4. The summed E-state index contributed by atoms with van der Waals surface area (Å²) in [5, 5.41) is 8.39. The summed E-state index contributed by atoms with van der Waals surface area (Å²) in [6.45, 7) is 3.71. The van der Waals surface area contributed by atoms with E-state index in [1.165, 1.54) is 0 Å². The van der Waals surface area contributed by atoms with Gasteiger partial charge in [0.25, 0.3) is 5.91 Å². The highest BCUT2D eigenvalue weighted by Crippen LogP contribution is 2.19. The second-order valence-corrected chi connectivity index (χ2v) is 6.24. The lowest BCUT2D eigenvalue weighted by Crippen LogP contribution is -2.27. The Kier molecular flexibility index (Phi) is 4.84. The van der Waals surface area contributed by atoms with Gasteiger partial charge in [-0.1, -0.05) is 0 Å². The first-order chi connectivity index (χ1) is 11.6. The number of hydrogen-bond donors (Lipinski definition) is 0. The average molecular weight is 392 g/mol. The van der Waals surface area contributed by atoms with Gasteiger partial charge in [0.2, 0.25) is 0 Å². The Morgan fingerprint density at radius 2 is 2.21 bits per heavy atom. The van der Waals surface area contributed by atoms with Crippen LogP contribution < -0.4 is 0 Å². The summed E-state index contributed by atoms with van der Waals surface area (Å²) < 4.78 is 10.2. The second kappa shape index (κ2) is 7.04. The first kappa shape index (κ1) is 16.5. The van der Waals surface area contributed by atoms with Crippen molar-refractivity contribution in [1.82, 2.24) is 24.5 Å². The molecule has 1 amide bonds. The number of furan rings is 1. The molecule has 0 bridgehead atoms. The third kappa shape index (κ3) is 3.43. The minimum absolute atomic E-state index is 0.169. The van der Waals surface area contributed by atoms with Gasteiger partial charge in [-0.05, 0) is 41.1 Å². The molecule has 0 radical (unpaired) electrons. The van der Waals surface area contributed by atoms with Gasteiger partial charge >= 0.3 is 0 Å². The predicted octanol–water partition coefficient (Wildman–Crippen LogP) is 2.78. The summed E-state index contributed by atoms with van der Waals surface area (Å²) >= 11 is 3.47. The van der Waals surface area contributed by atoms with Gasteiger partial charge in [0.1, 0.15) is 5.76 Å². The molecule has 0 atom stereocenters. The van der Waals surface area contributed by atoms with Crippen molar-refractivity contribution in [3.05, 3.63) is 58.5 Å². The van der Waals surface area contributed by atoms with E-state index in [4.69, 9.17) is 4.42 Å². The van der Waals surface area contributed by atoms with Crippen LogP contribution in [-0.2, 0) is 19.6 Å². The Morgan fingerprint density at radius 1 is 1.38 bits per heavy atom. The van der Waals surface area contributed by atoms with Gasteiger partial charge in [0.05, 0.1) is 29.5 Å². The quantitative estimate of drug-likeness (QED) is 0.647. The topological polar surface area (TPSA) is 69.1 Å². The van der Waals surface area contributed by atoms with Crippen LogP contribution in [0.4, 0.5) is 0 Å². The molecule has 0 aliphatic heterocycles. The number of rotatable bonds is 6. The first-order valence-corrected chi connectivity index (χ1v) is 8.39. The van der Waals surface area contributed by atoms with Crippen molar-refractivity contribution in [3.63, 3.8) is 0 Å². The lowest BCUT2D eigenvalue weighted by Gasteiger charge is -2.17. The van der Waals surface area contributed by atoms with Crippen LogP contribution in [0.5, 0.6) is 0 Å². The lowest BCUT2D eigenvalue weighted by molar-refractivity contribution is 0.0747. The van der Waals surface area contributed by atoms with Crippen LogP contribution in [0.15, 0.2) is 45.7 Å². The molecule has 7 nitrogen and oxygen atoms in total. The van der Waals surface area contributed by atoms with Crippen LogP contribution in [-0.4, -0.2) is 37.4 Å². The van der Waals surface area contributed by atoms with Gasteiger partial charge < -0.3 is 9.32 Å². The maximum absolute atomic E-state index is 12.6. The Bertz CT molecular complexity index is 822. The maximum Gasteiger partial charge on any atom is 0.289 e. The number of carbonyl (C=O) groups excluding carboxylic acids is 1. The van der Waals surface area contributed by atoms with Crippen molar-refractivity contribution in [2.45, 2.75) is 26.6 Å². The number of amides is 1. The highest BCUT2D eigenvalue weighted by Gasteiger charge is 2.19. The van der Waals surface area contributed by atoms with E-state index >= 15 is 0 Å². The standard InChI is InChI=1S/C16H18BrN5O2/c1-3-22-14(13(17)9-19-22)11-20(2)16(23)15-6-5-12(24-15)10-21-8-4-7-18-21/h4-9H,3,10-11H2,1-2H3. The molecule has 3 aromatic heterocycles. The van der Waals surface area contributed by atoms with E-state index in [0.717, 1.165) is 16.7 Å². The van der Waals surface area contributed by atoms with E-state index in [1.807, 2.05) is 23.9 Å². The molecule has 3 aromatic rings. The number of hydrogen-bond acceptors (Lipinski definition) is 4. The van der Waals surface area contributed by atoms with E-state index in [2.05, 4.69) is 26.1 Å². The Morgan fingerprint density at radius 3 is 2.92 bits per heavy atom. The molecule has 3 heterocycles. The first-order valence-electron chi connectivity index (χ1n) is 7.60. The Hall–Kier alpha value is -2.35. The number of nitrogens with zero attached hydrogens (tertiary/aromatic N) is 5. The molecule has 0 aliphatic carbocycles. The monoisotopic (exact) mass is 391 g/mol. The van der Waals surface area contributed by atoms with Crippen LogP contribution in [0.2, 0.25) is 0 Å². The number of aryl methyl sites for hydroxylation is 1. The molecular formula is C16H18BrN5O2. The molecule has 0 aromatic carbocycles. The molecular weight excluding hydrogens is 374 g/mol. The van der Waals surface area contributed by atoms with Crippen LogP contribution in [0.25, 0.3) is 0 Å². The van der Waals surface area contributed by atoms with Crippen LogP contribution >= 0.6 is 15.9 Å². The van der Waals surface area contributed by atoms with Gasteiger partial charge in [0, 0.05) is 26.0 Å². The Labute approximate surface area is 148 Å². The summed E-state index contributed by atoms with van der Waals surface area (Å²) in [6, 6.07) is 5.34. The van der Waals surface area contributed by atoms with Crippen molar-refractivity contribution in [1.29, 1.82) is 0 Å². The SMILES string of the molecule is CCn1ncc(Br)c1CN(C)C(=O)c1ccc(Cn2cccn2)o1. The average Bonchev–Trinajstić information content (AvgIpc) is 3.30. The van der Waals surface area contributed by atoms with Gasteiger partial charge in [-0.15, -0.1) is 0 Å². The fourth-order valence-electron chi connectivity index (χ4n) is 2.43. The minimum atomic E-state index is -0.169. The fraction of sp³-hybridized carbons (Fsp3) is 0.312. The van der Waals surface area contributed by atoms with Crippen molar-refractivity contribution in [3.8, 4) is 0 Å². The minimum Gasteiger partial charge on any atom is -0.454 e. The summed E-state index contributed by atoms with van der Waals surface area (Å²) in [5.74, 6) is 0.839. The summed E-state index contributed by atoms with van der Waals surface area (Å²) in [4.78, 5) is 14.2. The van der Waals surface area contributed by atoms with E-state index in [-0.39, 0.29) is 5.91 Å².